The van der Waals surface area contributed by atoms with Crippen molar-refractivity contribution in [2.45, 2.75) is 13.3 Å². The zero-order chi connectivity index (χ0) is 13.7. The molecule has 2 nitrogen and oxygen atoms in total. The standard InChI is InChI=1S/C16H13ClO2/c1-2-19-15(18)11-5-9-13-7-3-6-12-8-4-10-14(17)16(12)13/h3-4,6-8,10H,2,11H2,1H3. The maximum absolute atomic E-state index is 11.2. The van der Waals surface area contributed by atoms with Gasteiger partial charge < -0.3 is 4.74 Å². The molecular formula is C16H13ClO2. The van der Waals surface area contributed by atoms with Crippen LogP contribution in [-0.2, 0) is 9.53 Å². The van der Waals surface area contributed by atoms with E-state index in [0.717, 1.165) is 16.3 Å². The van der Waals surface area contributed by atoms with Gasteiger partial charge in [0.05, 0.1) is 6.61 Å². The van der Waals surface area contributed by atoms with E-state index in [2.05, 4.69) is 11.8 Å². The SMILES string of the molecule is CCOC(=O)CC#Cc1cccc2cccc(Cl)c12. The summed E-state index contributed by atoms with van der Waals surface area (Å²) in [5, 5.41) is 2.62. The van der Waals surface area contributed by atoms with Gasteiger partial charge in [-0.15, -0.1) is 0 Å². The van der Waals surface area contributed by atoms with Crippen molar-refractivity contribution < 1.29 is 9.53 Å². The number of halogens is 1. The number of carbonyl (C=O) groups excluding carboxylic acids is 1. The van der Waals surface area contributed by atoms with Crippen molar-refractivity contribution in [2.24, 2.45) is 0 Å². The highest BCUT2D eigenvalue weighted by molar-refractivity contribution is 6.36. The van der Waals surface area contributed by atoms with Crippen LogP contribution in [0.1, 0.15) is 18.9 Å². The Kier molecular flexibility index (Phi) is 4.43. The van der Waals surface area contributed by atoms with Gasteiger partial charge in [-0.1, -0.05) is 47.7 Å². The van der Waals surface area contributed by atoms with E-state index in [1.54, 1.807) is 6.92 Å². The maximum atomic E-state index is 11.2. The largest absolute Gasteiger partial charge is 0.465 e. The van der Waals surface area contributed by atoms with Crippen LogP contribution in [0.5, 0.6) is 0 Å². The Balaban J connectivity index is 2.31. The lowest BCUT2D eigenvalue weighted by Crippen LogP contribution is -2.01. The third kappa shape index (κ3) is 3.27. The van der Waals surface area contributed by atoms with Crippen LogP contribution >= 0.6 is 11.6 Å². The summed E-state index contributed by atoms with van der Waals surface area (Å²) >= 11 is 6.19. The number of ether oxygens (including phenoxy) is 1. The van der Waals surface area contributed by atoms with Crippen LogP contribution in [-0.4, -0.2) is 12.6 Å². The first-order valence-corrected chi connectivity index (χ1v) is 6.42. The normalized spacial score (nSPS) is 9.79. The lowest BCUT2D eigenvalue weighted by Gasteiger charge is -2.02. The average Bonchev–Trinajstić information content (AvgIpc) is 2.39. The van der Waals surface area contributed by atoms with Gasteiger partial charge in [0.1, 0.15) is 6.42 Å². The lowest BCUT2D eigenvalue weighted by molar-refractivity contribution is -0.141. The molecule has 2 aromatic carbocycles. The van der Waals surface area contributed by atoms with Crippen molar-refractivity contribution in [3.63, 3.8) is 0 Å². The number of carbonyl (C=O) groups is 1. The second-order valence-electron chi connectivity index (χ2n) is 3.93. The molecular weight excluding hydrogens is 260 g/mol. The van der Waals surface area contributed by atoms with Gasteiger partial charge in [0.2, 0.25) is 0 Å². The molecule has 0 spiro atoms. The predicted octanol–water partition coefficient (Wildman–Crippen LogP) is 3.80. The number of hydrogen-bond donors (Lipinski definition) is 0. The molecule has 0 radical (unpaired) electrons. The van der Waals surface area contributed by atoms with Gasteiger partial charge in [0, 0.05) is 16.0 Å². The Morgan fingerprint density at radius 3 is 2.74 bits per heavy atom. The molecule has 0 fully saturated rings. The second kappa shape index (κ2) is 6.26. The molecule has 0 atom stereocenters. The molecule has 0 aliphatic carbocycles. The van der Waals surface area contributed by atoms with Crippen molar-refractivity contribution in [1.82, 2.24) is 0 Å². The molecule has 0 heterocycles. The first-order chi connectivity index (χ1) is 9.22. The van der Waals surface area contributed by atoms with Crippen LogP contribution in [0.2, 0.25) is 5.02 Å². The Morgan fingerprint density at radius 1 is 1.26 bits per heavy atom. The minimum Gasteiger partial charge on any atom is -0.465 e. The van der Waals surface area contributed by atoms with Crippen LogP contribution < -0.4 is 0 Å². The monoisotopic (exact) mass is 272 g/mol. The van der Waals surface area contributed by atoms with Gasteiger partial charge in [0.25, 0.3) is 0 Å². The van der Waals surface area contributed by atoms with Gasteiger partial charge >= 0.3 is 5.97 Å². The molecule has 2 rings (SSSR count). The van der Waals surface area contributed by atoms with E-state index in [1.807, 2.05) is 36.4 Å². The fraction of sp³-hybridized carbons (Fsp3) is 0.188. The second-order valence-corrected chi connectivity index (χ2v) is 4.33. The maximum Gasteiger partial charge on any atom is 0.317 e. The van der Waals surface area contributed by atoms with Crippen molar-refractivity contribution in [3.05, 3.63) is 47.0 Å². The van der Waals surface area contributed by atoms with E-state index >= 15 is 0 Å². The van der Waals surface area contributed by atoms with E-state index in [1.165, 1.54) is 0 Å². The molecule has 0 amide bonds. The highest BCUT2D eigenvalue weighted by Gasteiger charge is 2.02. The molecule has 0 aliphatic heterocycles. The van der Waals surface area contributed by atoms with Crippen molar-refractivity contribution in [3.8, 4) is 11.8 Å². The summed E-state index contributed by atoms with van der Waals surface area (Å²) in [4.78, 5) is 11.2. The van der Waals surface area contributed by atoms with E-state index < -0.39 is 0 Å². The summed E-state index contributed by atoms with van der Waals surface area (Å²) in [6.45, 7) is 2.15. The molecule has 0 bridgehead atoms. The van der Waals surface area contributed by atoms with Crippen LogP contribution in [0, 0.1) is 11.8 Å². The third-order valence-electron chi connectivity index (χ3n) is 2.61. The summed E-state index contributed by atoms with van der Waals surface area (Å²) < 4.78 is 4.82. The molecule has 96 valence electrons. The van der Waals surface area contributed by atoms with Gasteiger partial charge in [0.15, 0.2) is 0 Å². The Morgan fingerprint density at radius 2 is 2.00 bits per heavy atom. The third-order valence-corrected chi connectivity index (χ3v) is 2.93. The zero-order valence-corrected chi connectivity index (χ0v) is 11.3. The Hall–Kier alpha value is -1.98. The smallest absolute Gasteiger partial charge is 0.317 e. The highest BCUT2D eigenvalue weighted by atomic mass is 35.5. The van der Waals surface area contributed by atoms with Gasteiger partial charge in [-0.2, -0.15) is 0 Å². The minimum atomic E-state index is -0.304. The van der Waals surface area contributed by atoms with Crippen LogP contribution in [0.25, 0.3) is 10.8 Å². The fourth-order valence-corrected chi connectivity index (χ4v) is 2.11. The molecule has 0 aromatic heterocycles. The Labute approximate surface area is 117 Å². The first-order valence-electron chi connectivity index (χ1n) is 6.04. The number of hydrogen-bond acceptors (Lipinski definition) is 2. The average molecular weight is 273 g/mol. The van der Waals surface area contributed by atoms with Crippen molar-refractivity contribution in [1.29, 1.82) is 0 Å². The zero-order valence-electron chi connectivity index (χ0n) is 10.6. The fourth-order valence-electron chi connectivity index (χ4n) is 1.82. The van der Waals surface area contributed by atoms with E-state index in [-0.39, 0.29) is 12.4 Å². The number of fused-ring (bicyclic) bond motifs is 1. The summed E-state index contributed by atoms with van der Waals surface area (Å²) in [5.41, 5.74) is 0.826. The van der Waals surface area contributed by atoms with E-state index in [9.17, 15) is 4.79 Å². The van der Waals surface area contributed by atoms with Gasteiger partial charge in [-0.3, -0.25) is 4.79 Å². The van der Waals surface area contributed by atoms with E-state index in [4.69, 9.17) is 16.3 Å². The molecule has 0 aliphatic rings. The van der Waals surface area contributed by atoms with Gasteiger partial charge in [-0.25, -0.2) is 0 Å². The quantitative estimate of drug-likeness (QED) is 0.614. The van der Waals surface area contributed by atoms with Gasteiger partial charge in [-0.05, 0) is 24.4 Å². The summed E-state index contributed by atoms with van der Waals surface area (Å²) in [6.07, 6.45) is 0.0919. The molecule has 19 heavy (non-hydrogen) atoms. The van der Waals surface area contributed by atoms with Crippen LogP contribution in [0.3, 0.4) is 0 Å². The molecule has 0 N–H and O–H groups in total. The highest BCUT2D eigenvalue weighted by Crippen LogP contribution is 2.26. The molecule has 0 unspecified atom stereocenters. The van der Waals surface area contributed by atoms with Crippen molar-refractivity contribution >= 4 is 28.3 Å². The predicted molar refractivity (Wildman–Crippen MR) is 77.1 cm³/mol. The lowest BCUT2D eigenvalue weighted by atomic mass is 10.0. The Bertz CT molecular complexity index is 660. The van der Waals surface area contributed by atoms with Crippen LogP contribution in [0.15, 0.2) is 36.4 Å². The molecule has 0 saturated carbocycles. The number of rotatable bonds is 2. The topological polar surface area (TPSA) is 26.3 Å². The van der Waals surface area contributed by atoms with Crippen LogP contribution in [0.4, 0.5) is 0 Å². The molecule has 3 heteroatoms. The number of benzene rings is 2. The first kappa shape index (κ1) is 13.5. The summed E-state index contributed by atoms with van der Waals surface area (Å²) in [6, 6.07) is 11.5. The van der Waals surface area contributed by atoms with Crippen molar-refractivity contribution in [2.75, 3.05) is 6.61 Å². The van der Waals surface area contributed by atoms with E-state index in [0.29, 0.717) is 11.6 Å². The molecule has 0 saturated heterocycles. The minimum absolute atomic E-state index is 0.0919. The summed E-state index contributed by atoms with van der Waals surface area (Å²) in [5.74, 6) is 5.50. The molecule has 2 aromatic rings. The number of esters is 1. The summed E-state index contributed by atoms with van der Waals surface area (Å²) in [7, 11) is 0.